The molecule has 1 aromatic carbocycles. The average molecular weight is 279 g/mol. The summed E-state index contributed by atoms with van der Waals surface area (Å²) in [6.45, 7) is 7.95. The Balaban J connectivity index is 2.21. The first kappa shape index (κ1) is 14.5. The summed E-state index contributed by atoms with van der Waals surface area (Å²) in [5.74, 6) is -2.29. The van der Waals surface area contributed by atoms with Crippen molar-refractivity contribution in [1.82, 2.24) is 0 Å². The molecular weight excluding hydrogens is 261 g/mol. The van der Waals surface area contributed by atoms with E-state index in [-0.39, 0.29) is 33.9 Å². The van der Waals surface area contributed by atoms with E-state index in [1.54, 1.807) is 0 Å². The number of carboxylic acid groups (broad SMARTS) is 1. The van der Waals surface area contributed by atoms with Gasteiger partial charge in [-0.3, -0.25) is 4.79 Å². The van der Waals surface area contributed by atoms with Crippen molar-refractivity contribution in [2.75, 3.05) is 5.32 Å². The van der Waals surface area contributed by atoms with E-state index in [4.69, 9.17) is 5.11 Å². The van der Waals surface area contributed by atoms with E-state index in [9.17, 15) is 14.0 Å². The van der Waals surface area contributed by atoms with Crippen molar-refractivity contribution >= 4 is 17.6 Å². The highest BCUT2D eigenvalue weighted by molar-refractivity contribution is 5.97. The number of aromatic carboxylic acids is 1. The molecule has 1 aliphatic carbocycles. The quantitative estimate of drug-likeness (QED) is 0.893. The van der Waals surface area contributed by atoms with Crippen molar-refractivity contribution in [3.05, 3.63) is 29.6 Å². The number of nitrogens with one attached hydrogen (secondary N) is 1. The van der Waals surface area contributed by atoms with Crippen LogP contribution in [0.1, 0.15) is 38.1 Å². The van der Waals surface area contributed by atoms with Gasteiger partial charge in [-0.05, 0) is 29.0 Å². The maximum atomic E-state index is 13.7. The van der Waals surface area contributed by atoms with Gasteiger partial charge in [0.1, 0.15) is 5.82 Å². The molecule has 0 heterocycles. The van der Waals surface area contributed by atoms with Crippen molar-refractivity contribution in [2.24, 2.45) is 16.7 Å². The Bertz CT molecular complexity index is 579. The molecule has 1 saturated carbocycles. The molecule has 0 saturated heterocycles. The van der Waals surface area contributed by atoms with Crippen molar-refractivity contribution in [3.8, 4) is 0 Å². The highest BCUT2D eigenvalue weighted by Crippen LogP contribution is 2.68. The van der Waals surface area contributed by atoms with Crippen LogP contribution in [0.3, 0.4) is 0 Å². The molecule has 2 rings (SSSR count). The molecule has 0 aliphatic heterocycles. The standard InChI is InChI=1S/C15H18FNO3/c1-14(2)11(15(14,3)4)12(18)17-10-7-8(13(19)20)5-6-9(10)16/h5-7,11H,1-4H3,(H,17,18)(H,19,20). The number of rotatable bonds is 3. The smallest absolute Gasteiger partial charge is 0.335 e. The lowest BCUT2D eigenvalue weighted by Gasteiger charge is -2.08. The Morgan fingerprint density at radius 2 is 1.75 bits per heavy atom. The molecule has 108 valence electrons. The number of halogens is 1. The van der Waals surface area contributed by atoms with Crippen LogP contribution in [0.2, 0.25) is 0 Å². The topological polar surface area (TPSA) is 66.4 Å². The zero-order chi connectivity index (χ0) is 15.3. The number of carboxylic acids is 1. The molecule has 2 N–H and O–H groups in total. The van der Waals surface area contributed by atoms with Crippen LogP contribution in [-0.4, -0.2) is 17.0 Å². The highest BCUT2D eigenvalue weighted by Gasteiger charge is 2.68. The molecule has 20 heavy (non-hydrogen) atoms. The van der Waals surface area contributed by atoms with Crippen molar-refractivity contribution in [2.45, 2.75) is 27.7 Å². The van der Waals surface area contributed by atoms with Crippen LogP contribution in [0.4, 0.5) is 10.1 Å². The van der Waals surface area contributed by atoms with Crippen LogP contribution in [0.15, 0.2) is 18.2 Å². The second-order valence-electron chi connectivity index (χ2n) is 6.37. The lowest BCUT2D eigenvalue weighted by molar-refractivity contribution is -0.118. The molecule has 0 unspecified atom stereocenters. The van der Waals surface area contributed by atoms with Gasteiger partial charge >= 0.3 is 5.97 Å². The van der Waals surface area contributed by atoms with Gasteiger partial charge in [-0.1, -0.05) is 27.7 Å². The van der Waals surface area contributed by atoms with Crippen molar-refractivity contribution in [1.29, 1.82) is 0 Å². The molecule has 0 radical (unpaired) electrons. The first-order valence-electron chi connectivity index (χ1n) is 6.42. The summed E-state index contributed by atoms with van der Waals surface area (Å²) >= 11 is 0. The molecule has 0 bridgehead atoms. The minimum atomic E-state index is -1.16. The maximum absolute atomic E-state index is 13.7. The number of amides is 1. The van der Waals surface area contributed by atoms with Crippen LogP contribution in [0.5, 0.6) is 0 Å². The molecule has 1 aliphatic rings. The minimum absolute atomic E-state index is 0.0592. The monoisotopic (exact) mass is 279 g/mol. The number of carbonyl (C=O) groups is 2. The average Bonchev–Trinajstić information content (AvgIpc) is 2.72. The molecular formula is C15H18FNO3. The SMILES string of the molecule is CC1(C)C(C(=O)Nc2cc(C(=O)O)ccc2F)C1(C)C. The summed E-state index contributed by atoms with van der Waals surface area (Å²) in [5, 5.41) is 11.4. The third-order valence-corrected chi connectivity index (χ3v) is 4.75. The van der Waals surface area contributed by atoms with Crippen LogP contribution in [0.25, 0.3) is 0 Å². The summed E-state index contributed by atoms with van der Waals surface area (Å²) in [7, 11) is 0. The Labute approximate surface area is 117 Å². The second kappa shape index (κ2) is 4.30. The number of hydrogen-bond acceptors (Lipinski definition) is 2. The van der Waals surface area contributed by atoms with Gasteiger partial charge in [0.05, 0.1) is 11.3 Å². The molecule has 1 amide bonds. The molecule has 0 atom stereocenters. The first-order chi connectivity index (χ1) is 9.09. The highest BCUT2D eigenvalue weighted by atomic mass is 19.1. The maximum Gasteiger partial charge on any atom is 0.335 e. The van der Waals surface area contributed by atoms with E-state index in [0.717, 1.165) is 12.1 Å². The third-order valence-electron chi connectivity index (χ3n) is 4.75. The molecule has 5 heteroatoms. The summed E-state index contributed by atoms with van der Waals surface area (Å²) in [5.41, 5.74) is -0.458. The minimum Gasteiger partial charge on any atom is -0.478 e. The van der Waals surface area contributed by atoms with Crippen LogP contribution in [-0.2, 0) is 4.79 Å². The fourth-order valence-corrected chi connectivity index (χ4v) is 2.81. The van der Waals surface area contributed by atoms with E-state index in [1.165, 1.54) is 6.07 Å². The Kier molecular flexibility index (Phi) is 3.11. The Morgan fingerprint density at radius 3 is 2.20 bits per heavy atom. The fraction of sp³-hybridized carbons (Fsp3) is 0.467. The van der Waals surface area contributed by atoms with Gasteiger partial charge < -0.3 is 10.4 Å². The van der Waals surface area contributed by atoms with Crippen molar-refractivity contribution < 1.29 is 19.1 Å². The predicted octanol–water partition coefficient (Wildman–Crippen LogP) is 3.14. The van der Waals surface area contributed by atoms with Gasteiger partial charge in [-0.25, -0.2) is 9.18 Å². The van der Waals surface area contributed by atoms with Gasteiger partial charge in [0.25, 0.3) is 0 Å². The van der Waals surface area contributed by atoms with Gasteiger partial charge in [0.2, 0.25) is 5.91 Å². The summed E-state index contributed by atoms with van der Waals surface area (Å²) < 4.78 is 13.7. The van der Waals surface area contributed by atoms with E-state index >= 15 is 0 Å². The van der Waals surface area contributed by atoms with Gasteiger partial charge in [-0.15, -0.1) is 0 Å². The van der Waals surface area contributed by atoms with Crippen LogP contribution < -0.4 is 5.32 Å². The van der Waals surface area contributed by atoms with Crippen LogP contribution >= 0.6 is 0 Å². The normalized spacial score (nSPS) is 19.4. The molecule has 4 nitrogen and oxygen atoms in total. The zero-order valence-corrected chi connectivity index (χ0v) is 12.0. The Hall–Kier alpha value is -1.91. The van der Waals surface area contributed by atoms with E-state index < -0.39 is 11.8 Å². The van der Waals surface area contributed by atoms with Crippen molar-refractivity contribution in [3.63, 3.8) is 0 Å². The predicted molar refractivity (Wildman–Crippen MR) is 73.0 cm³/mol. The van der Waals surface area contributed by atoms with E-state index in [2.05, 4.69) is 5.32 Å². The molecule has 0 aromatic heterocycles. The molecule has 0 spiro atoms. The summed E-state index contributed by atoms with van der Waals surface area (Å²) in [6.07, 6.45) is 0. The van der Waals surface area contributed by atoms with Gasteiger partial charge in [-0.2, -0.15) is 0 Å². The zero-order valence-electron chi connectivity index (χ0n) is 12.0. The molecule has 1 aromatic rings. The first-order valence-corrected chi connectivity index (χ1v) is 6.42. The fourth-order valence-electron chi connectivity index (χ4n) is 2.81. The third kappa shape index (κ3) is 2.07. The lowest BCUT2D eigenvalue weighted by atomic mass is 10.0. The van der Waals surface area contributed by atoms with Gasteiger partial charge in [0.15, 0.2) is 0 Å². The molecule has 1 fully saturated rings. The van der Waals surface area contributed by atoms with E-state index in [1.807, 2.05) is 27.7 Å². The number of anilines is 1. The largest absolute Gasteiger partial charge is 0.478 e. The number of hydrogen-bond donors (Lipinski definition) is 2. The second-order valence-corrected chi connectivity index (χ2v) is 6.37. The van der Waals surface area contributed by atoms with E-state index in [0.29, 0.717) is 0 Å². The number of carbonyl (C=O) groups excluding carboxylic acids is 1. The van der Waals surface area contributed by atoms with Crippen LogP contribution in [0, 0.1) is 22.6 Å². The Morgan fingerprint density at radius 1 is 1.20 bits per heavy atom. The number of benzene rings is 1. The summed E-state index contributed by atoms with van der Waals surface area (Å²) in [4.78, 5) is 23.1. The van der Waals surface area contributed by atoms with Gasteiger partial charge in [0, 0.05) is 5.92 Å². The lowest BCUT2D eigenvalue weighted by Crippen LogP contribution is -2.18. The summed E-state index contributed by atoms with van der Waals surface area (Å²) in [6, 6.07) is 3.35.